The zero-order valence-corrected chi connectivity index (χ0v) is 12.0. The molecule has 0 radical (unpaired) electrons. The molecule has 108 valence electrons. The molecule has 2 fully saturated rings. The van der Waals surface area contributed by atoms with Crippen molar-refractivity contribution in [1.82, 2.24) is 14.9 Å². The normalized spacial score (nSPS) is 26.6. The van der Waals surface area contributed by atoms with E-state index in [0.717, 1.165) is 26.1 Å². The van der Waals surface area contributed by atoms with E-state index in [0.29, 0.717) is 11.9 Å². The monoisotopic (exact) mass is 297 g/mol. The summed E-state index contributed by atoms with van der Waals surface area (Å²) >= 11 is 5.87. The highest BCUT2D eigenvalue weighted by Gasteiger charge is 2.38. The van der Waals surface area contributed by atoms with Crippen molar-refractivity contribution in [2.45, 2.75) is 31.8 Å². The van der Waals surface area contributed by atoms with Gasteiger partial charge in [0.25, 0.3) is 0 Å². The molecule has 2 unspecified atom stereocenters. The number of hydrogen-bond donors (Lipinski definition) is 0. The van der Waals surface area contributed by atoms with Crippen LogP contribution in [0.3, 0.4) is 0 Å². The van der Waals surface area contributed by atoms with E-state index in [1.165, 1.54) is 12.7 Å². The summed E-state index contributed by atoms with van der Waals surface area (Å²) in [5.41, 5.74) is -0.188. The van der Waals surface area contributed by atoms with E-state index in [9.17, 15) is 10.1 Å². The summed E-state index contributed by atoms with van der Waals surface area (Å²) in [6.45, 7) is 4.85. The second-order valence-electron chi connectivity index (χ2n) is 5.39. The van der Waals surface area contributed by atoms with E-state index >= 15 is 0 Å². The van der Waals surface area contributed by atoms with Crippen LogP contribution in [0, 0.1) is 10.1 Å². The summed E-state index contributed by atoms with van der Waals surface area (Å²) in [7, 11) is 0. The summed E-state index contributed by atoms with van der Waals surface area (Å²) in [6.07, 6.45) is 3.62. The number of aromatic nitrogens is 2. The van der Waals surface area contributed by atoms with Crippen molar-refractivity contribution in [3.63, 3.8) is 0 Å². The van der Waals surface area contributed by atoms with Crippen molar-refractivity contribution in [2.24, 2.45) is 0 Å². The molecular weight excluding hydrogens is 282 g/mol. The van der Waals surface area contributed by atoms with Crippen molar-refractivity contribution in [1.29, 1.82) is 0 Å². The van der Waals surface area contributed by atoms with Crippen LogP contribution in [-0.4, -0.2) is 51.5 Å². The van der Waals surface area contributed by atoms with Crippen LogP contribution in [0.4, 0.5) is 11.5 Å². The maximum atomic E-state index is 11.2. The first-order chi connectivity index (χ1) is 9.58. The zero-order valence-electron chi connectivity index (χ0n) is 11.2. The first-order valence-corrected chi connectivity index (χ1v) is 7.11. The minimum absolute atomic E-state index is 0.0962. The van der Waals surface area contributed by atoms with Gasteiger partial charge in [-0.05, 0) is 26.3 Å². The Labute approximate surface area is 121 Å². The Kier molecular flexibility index (Phi) is 3.47. The van der Waals surface area contributed by atoms with Crippen LogP contribution in [0.1, 0.15) is 19.8 Å². The Morgan fingerprint density at radius 1 is 1.45 bits per heavy atom. The van der Waals surface area contributed by atoms with Crippen LogP contribution in [0.25, 0.3) is 0 Å². The SMILES string of the molecule is CC1CN2CCCC2CN1c1ncnc(Cl)c1[N+](=O)[O-]. The molecule has 0 amide bonds. The van der Waals surface area contributed by atoms with Gasteiger partial charge >= 0.3 is 5.69 Å². The second kappa shape index (κ2) is 5.14. The third-order valence-corrected chi connectivity index (χ3v) is 4.43. The van der Waals surface area contributed by atoms with E-state index < -0.39 is 4.92 Å². The third-order valence-electron chi connectivity index (χ3n) is 4.15. The van der Waals surface area contributed by atoms with Gasteiger partial charge in [0.05, 0.1) is 4.92 Å². The fourth-order valence-electron chi connectivity index (χ4n) is 3.20. The number of halogens is 1. The second-order valence-corrected chi connectivity index (χ2v) is 5.74. The number of piperazine rings is 1. The summed E-state index contributed by atoms with van der Waals surface area (Å²) in [5.74, 6) is 0.342. The average Bonchev–Trinajstić information content (AvgIpc) is 2.84. The van der Waals surface area contributed by atoms with Gasteiger partial charge < -0.3 is 4.90 Å². The quantitative estimate of drug-likeness (QED) is 0.470. The maximum absolute atomic E-state index is 11.2. The molecule has 2 saturated heterocycles. The van der Waals surface area contributed by atoms with E-state index in [1.807, 2.05) is 4.90 Å². The highest BCUT2D eigenvalue weighted by molar-refractivity contribution is 6.31. The van der Waals surface area contributed by atoms with Gasteiger partial charge in [-0.25, -0.2) is 9.97 Å². The van der Waals surface area contributed by atoms with Gasteiger partial charge in [-0.3, -0.25) is 15.0 Å². The maximum Gasteiger partial charge on any atom is 0.348 e. The van der Waals surface area contributed by atoms with Crippen molar-refractivity contribution in [2.75, 3.05) is 24.5 Å². The fraction of sp³-hybridized carbons (Fsp3) is 0.667. The molecule has 0 bridgehead atoms. The number of fused-ring (bicyclic) bond motifs is 1. The lowest BCUT2D eigenvalue weighted by Gasteiger charge is -2.42. The number of rotatable bonds is 2. The van der Waals surface area contributed by atoms with Crippen molar-refractivity contribution < 1.29 is 4.92 Å². The van der Waals surface area contributed by atoms with E-state index in [-0.39, 0.29) is 16.9 Å². The first-order valence-electron chi connectivity index (χ1n) is 6.73. The lowest BCUT2D eigenvalue weighted by atomic mass is 10.1. The molecule has 2 atom stereocenters. The summed E-state index contributed by atoms with van der Waals surface area (Å²) in [6, 6.07) is 0.633. The minimum atomic E-state index is -0.495. The van der Waals surface area contributed by atoms with Crippen molar-refractivity contribution in [3.05, 3.63) is 21.6 Å². The average molecular weight is 298 g/mol. The zero-order chi connectivity index (χ0) is 14.3. The Hall–Kier alpha value is -1.47. The Bertz CT molecular complexity index is 541. The van der Waals surface area contributed by atoms with Crippen LogP contribution >= 0.6 is 11.6 Å². The van der Waals surface area contributed by atoms with Crippen LogP contribution in [0.2, 0.25) is 5.15 Å². The van der Waals surface area contributed by atoms with Gasteiger partial charge in [-0.2, -0.15) is 0 Å². The molecule has 2 aliphatic rings. The molecule has 0 aromatic carbocycles. The van der Waals surface area contributed by atoms with Crippen LogP contribution in [-0.2, 0) is 0 Å². The molecular formula is C12H16ClN5O2. The Morgan fingerprint density at radius 2 is 2.25 bits per heavy atom. The largest absolute Gasteiger partial charge is 0.348 e. The lowest BCUT2D eigenvalue weighted by Crippen LogP contribution is -2.55. The Morgan fingerprint density at radius 3 is 3.00 bits per heavy atom. The molecule has 2 aliphatic heterocycles. The van der Waals surface area contributed by atoms with Crippen molar-refractivity contribution in [3.8, 4) is 0 Å². The molecule has 7 nitrogen and oxygen atoms in total. The molecule has 1 aromatic rings. The van der Waals surface area contributed by atoms with Gasteiger partial charge in [0, 0.05) is 25.2 Å². The van der Waals surface area contributed by atoms with E-state index in [2.05, 4.69) is 21.8 Å². The number of hydrogen-bond acceptors (Lipinski definition) is 6. The van der Waals surface area contributed by atoms with E-state index in [4.69, 9.17) is 11.6 Å². The van der Waals surface area contributed by atoms with Gasteiger partial charge in [-0.15, -0.1) is 0 Å². The van der Waals surface area contributed by atoms with Gasteiger partial charge in [0.2, 0.25) is 11.0 Å². The van der Waals surface area contributed by atoms with Gasteiger partial charge in [0.1, 0.15) is 6.33 Å². The predicted octanol–water partition coefficient (Wildman–Crippen LogP) is 1.71. The first kappa shape index (κ1) is 13.5. The standard InChI is InChI=1S/C12H16ClN5O2/c1-8-5-16-4-2-3-9(16)6-17(8)12-10(18(19)20)11(13)14-7-15-12/h7-9H,2-6H2,1H3. The van der Waals surface area contributed by atoms with Crippen LogP contribution < -0.4 is 4.90 Å². The molecule has 8 heteroatoms. The smallest absolute Gasteiger partial charge is 0.345 e. The molecule has 0 aliphatic carbocycles. The molecule has 3 heterocycles. The molecule has 0 saturated carbocycles. The molecule has 3 rings (SSSR count). The molecule has 0 spiro atoms. The summed E-state index contributed by atoms with van der Waals surface area (Å²) in [5, 5.41) is 11.1. The number of nitro groups is 1. The predicted molar refractivity (Wildman–Crippen MR) is 75.1 cm³/mol. The topological polar surface area (TPSA) is 75.4 Å². The summed E-state index contributed by atoms with van der Waals surface area (Å²) < 4.78 is 0. The third kappa shape index (κ3) is 2.20. The number of anilines is 1. The highest BCUT2D eigenvalue weighted by atomic mass is 35.5. The summed E-state index contributed by atoms with van der Waals surface area (Å²) in [4.78, 5) is 23.0. The molecule has 0 N–H and O–H groups in total. The van der Waals surface area contributed by atoms with E-state index in [1.54, 1.807) is 0 Å². The molecule has 1 aromatic heterocycles. The molecule has 20 heavy (non-hydrogen) atoms. The van der Waals surface area contributed by atoms with Gasteiger partial charge in [0.15, 0.2) is 0 Å². The highest BCUT2D eigenvalue weighted by Crippen LogP contribution is 2.35. The van der Waals surface area contributed by atoms with Gasteiger partial charge in [-0.1, -0.05) is 11.6 Å². The fourth-order valence-corrected chi connectivity index (χ4v) is 3.40. The number of nitrogens with zero attached hydrogens (tertiary/aromatic N) is 5. The minimum Gasteiger partial charge on any atom is -0.345 e. The lowest BCUT2D eigenvalue weighted by molar-refractivity contribution is -0.384. The van der Waals surface area contributed by atoms with Crippen LogP contribution in [0.5, 0.6) is 0 Å². The Balaban J connectivity index is 1.96. The van der Waals surface area contributed by atoms with Crippen LogP contribution in [0.15, 0.2) is 6.33 Å². The van der Waals surface area contributed by atoms with Crippen molar-refractivity contribution >= 4 is 23.1 Å².